The van der Waals surface area contributed by atoms with Gasteiger partial charge >= 0.3 is 0 Å². The number of rotatable bonds is 6. The van der Waals surface area contributed by atoms with Gasteiger partial charge in [0.25, 0.3) is 5.56 Å². The summed E-state index contributed by atoms with van der Waals surface area (Å²) < 4.78 is 1.37. The summed E-state index contributed by atoms with van der Waals surface area (Å²) >= 11 is 0. The van der Waals surface area contributed by atoms with Gasteiger partial charge < -0.3 is 5.32 Å². The molecule has 0 spiro atoms. The summed E-state index contributed by atoms with van der Waals surface area (Å²) in [5.41, 5.74) is 0.474. The normalized spacial score (nSPS) is 16.4. The third-order valence-corrected chi connectivity index (χ3v) is 4.71. The number of hydrogen-bond donors (Lipinski definition) is 1. The Morgan fingerprint density at radius 1 is 1.29 bits per heavy atom. The third-order valence-electron chi connectivity index (χ3n) is 4.71. The summed E-state index contributed by atoms with van der Waals surface area (Å²) in [6.07, 6.45) is 4.94. The highest BCUT2D eigenvalue weighted by Crippen LogP contribution is 2.13. The quantitative estimate of drug-likeness (QED) is 0.870. The number of likely N-dealkylation sites (tertiary alicyclic amines) is 1. The summed E-state index contributed by atoms with van der Waals surface area (Å²) in [5, 5.41) is 3.50. The number of fused-ring (bicyclic) bond motifs is 1. The van der Waals surface area contributed by atoms with Crippen LogP contribution in [-0.2, 0) is 11.3 Å². The molecule has 0 radical (unpaired) electrons. The standard InChI is InChI=1S/C18H24N4O2/c1-2-14(21-9-5-6-10-21)11-19-17(23)12-22-13-20-16-8-4-3-7-15(16)18(22)24/h3-4,7-8,13-14H,2,5-6,9-12H2,1H3,(H,19,23)/t14-/m1/s1. The van der Waals surface area contributed by atoms with Crippen LogP contribution in [0.2, 0.25) is 0 Å². The minimum absolute atomic E-state index is 0.00705. The second-order valence-corrected chi connectivity index (χ2v) is 6.30. The summed E-state index contributed by atoms with van der Waals surface area (Å²) in [6.45, 7) is 5.01. The van der Waals surface area contributed by atoms with Crippen LogP contribution in [-0.4, -0.2) is 46.0 Å². The van der Waals surface area contributed by atoms with Gasteiger partial charge in [0.2, 0.25) is 5.91 Å². The monoisotopic (exact) mass is 328 g/mol. The second kappa shape index (κ2) is 7.57. The molecule has 1 atom stereocenters. The van der Waals surface area contributed by atoms with E-state index in [0.29, 0.717) is 23.5 Å². The lowest BCUT2D eigenvalue weighted by Crippen LogP contribution is -2.43. The molecule has 1 aliphatic rings. The summed E-state index contributed by atoms with van der Waals surface area (Å²) in [5.74, 6) is -0.146. The van der Waals surface area contributed by atoms with Gasteiger partial charge in [0, 0.05) is 12.6 Å². The predicted octanol–water partition coefficient (Wildman–Crippen LogP) is 1.39. The molecule has 2 heterocycles. The third kappa shape index (κ3) is 3.64. The Bertz CT molecular complexity index is 765. The molecule has 1 aromatic heterocycles. The van der Waals surface area contributed by atoms with E-state index in [2.05, 4.69) is 22.1 Å². The molecule has 0 aliphatic carbocycles. The molecule has 3 rings (SSSR count). The second-order valence-electron chi connectivity index (χ2n) is 6.30. The van der Waals surface area contributed by atoms with Crippen LogP contribution in [0.5, 0.6) is 0 Å². The highest BCUT2D eigenvalue weighted by Gasteiger charge is 2.20. The van der Waals surface area contributed by atoms with E-state index >= 15 is 0 Å². The highest BCUT2D eigenvalue weighted by molar-refractivity contribution is 5.78. The van der Waals surface area contributed by atoms with Crippen LogP contribution in [0, 0.1) is 0 Å². The van der Waals surface area contributed by atoms with Gasteiger partial charge in [-0.05, 0) is 44.5 Å². The van der Waals surface area contributed by atoms with E-state index in [-0.39, 0.29) is 18.0 Å². The Labute approximate surface area is 141 Å². The number of para-hydroxylation sites is 1. The van der Waals surface area contributed by atoms with Crippen LogP contribution in [0.3, 0.4) is 0 Å². The van der Waals surface area contributed by atoms with E-state index < -0.39 is 0 Å². The molecule has 6 nitrogen and oxygen atoms in total. The minimum atomic E-state index is -0.178. The topological polar surface area (TPSA) is 67.2 Å². The van der Waals surface area contributed by atoms with Crippen molar-refractivity contribution >= 4 is 16.8 Å². The van der Waals surface area contributed by atoms with E-state index in [1.807, 2.05) is 6.07 Å². The molecule has 2 aromatic rings. The van der Waals surface area contributed by atoms with Gasteiger partial charge in [-0.25, -0.2) is 4.98 Å². The molecule has 128 valence electrons. The maximum atomic E-state index is 12.4. The number of carbonyl (C=O) groups excluding carboxylic acids is 1. The molecule has 24 heavy (non-hydrogen) atoms. The first-order chi connectivity index (χ1) is 11.7. The lowest BCUT2D eigenvalue weighted by Gasteiger charge is -2.26. The fraction of sp³-hybridized carbons (Fsp3) is 0.500. The SMILES string of the molecule is CC[C@H](CNC(=O)Cn1cnc2ccccc2c1=O)N1CCCC1. The summed E-state index contributed by atoms with van der Waals surface area (Å²) in [6, 6.07) is 7.55. The van der Waals surface area contributed by atoms with Crippen molar-refractivity contribution in [3.63, 3.8) is 0 Å². The van der Waals surface area contributed by atoms with E-state index in [1.54, 1.807) is 18.2 Å². The van der Waals surface area contributed by atoms with Crippen LogP contribution in [0.4, 0.5) is 0 Å². The molecule has 0 saturated carbocycles. The summed E-state index contributed by atoms with van der Waals surface area (Å²) in [4.78, 5) is 31.3. The number of nitrogens with zero attached hydrogens (tertiary/aromatic N) is 3. The van der Waals surface area contributed by atoms with Crippen molar-refractivity contribution < 1.29 is 4.79 Å². The molecular formula is C18H24N4O2. The first-order valence-corrected chi connectivity index (χ1v) is 8.64. The van der Waals surface area contributed by atoms with E-state index in [4.69, 9.17) is 0 Å². The molecule has 6 heteroatoms. The van der Waals surface area contributed by atoms with E-state index in [9.17, 15) is 9.59 Å². The van der Waals surface area contributed by atoms with Crippen LogP contribution in [0.1, 0.15) is 26.2 Å². The minimum Gasteiger partial charge on any atom is -0.353 e. The van der Waals surface area contributed by atoms with Gasteiger partial charge in [0.15, 0.2) is 0 Å². The Morgan fingerprint density at radius 3 is 2.79 bits per heavy atom. The van der Waals surface area contributed by atoms with Crippen LogP contribution in [0.15, 0.2) is 35.4 Å². The maximum Gasteiger partial charge on any atom is 0.261 e. The molecule has 1 N–H and O–H groups in total. The fourth-order valence-electron chi connectivity index (χ4n) is 3.30. The zero-order valence-electron chi connectivity index (χ0n) is 14.1. The number of benzene rings is 1. The lowest BCUT2D eigenvalue weighted by molar-refractivity contribution is -0.122. The van der Waals surface area contributed by atoms with Crippen molar-refractivity contribution in [2.75, 3.05) is 19.6 Å². The Balaban J connectivity index is 1.62. The van der Waals surface area contributed by atoms with Crippen molar-refractivity contribution in [2.45, 2.75) is 38.8 Å². The summed E-state index contributed by atoms with van der Waals surface area (Å²) in [7, 11) is 0. The number of amides is 1. The molecule has 1 saturated heterocycles. The van der Waals surface area contributed by atoms with Gasteiger partial charge in [0.1, 0.15) is 6.54 Å². The zero-order chi connectivity index (χ0) is 16.9. The van der Waals surface area contributed by atoms with Gasteiger partial charge in [-0.1, -0.05) is 19.1 Å². The van der Waals surface area contributed by atoms with Crippen molar-refractivity contribution in [3.8, 4) is 0 Å². The maximum absolute atomic E-state index is 12.4. The molecule has 1 fully saturated rings. The van der Waals surface area contributed by atoms with Gasteiger partial charge in [-0.3, -0.25) is 19.1 Å². The fourth-order valence-corrected chi connectivity index (χ4v) is 3.30. The Hall–Kier alpha value is -2.21. The molecule has 0 bridgehead atoms. The molecule has 1 amide bonds. The van der Waals surface area contributed by atoms with Crippen LogP contribution in [0.25, 0.3) is 10.9 Å². The van der Waals surface area contributed by atoms with Gasteiger partial charge in [0.05, 0.1) is 17.2 Å². The van der Waals surface area contributed by atoms with Crippen LogP contribution < -0.4 is 10.9 Å². The van der Waals surface area contributed by atoms with Crippen LogP contribution >= 0.6 is 0 Å². The Morgan fingerprint density at radius 2 is 2.04 bits per heavy atom. The molecule has 0 unspecified atom stereocenters. The highest BCUT2D eigenvalue weighted by atomic mass is 16.2. The first kappa shape index (κ1) is 16.6. The van der Waals surface area contributed by atoms with Crippen molar-refractivity contribution in [3.05, 3.63) is 40.9 Å². The van der Waals surface area contributed by atoms with Crippen molar-refractivity contribution in [1.82, 2.24) is 19.8 Å². The smallest absolute Gasteiger partial charge is 0.261 e. The number of nitrogens with one attached hydrogen (secondary N) is 1. The zero-order valence-corrected chi connectivity index (χ0v) is 14.1. The molecule has 1 aliphatic heterocycles. The largest absolute Gasteiger partial charge is 0.353 e. The van der Waals surface area contributed by atoms with Gasteiger partial charge in [-0.15, -0.1) is 0 Å². The number of aromatic nitrogens is 2. The Kier molecular flexibility index (Phi) is 5.25. The molecular weight excluding hydrogens is 304 g/mol. The van der Waals surface area contributed by atoms with Crippen molar-refractivity contribution in [2.24, 2.45) is 0 Å². The average Bonchev–Trinajstić information content (AvgIpc) is 3.13. The molecule has 1 aromatic carbocycles. The van der Waals surface area contributed by atoms with E-state index in [0.717, 1.165) is 19.5 Å². The number of carbonyl (C=O) groups is 1. The average molecular weight is 328 g/mol. The van der Waals surface area contributed by atoms with Crippen molar-refractivity contribution in [1.29, 1.82) is 0 Å². The van der Waals surface area contributed by atoms with E-state index in [1.165, 1.54) is 23.7 Å². The first-order valence-electron chi connectivity index (χ1n) is 8.64. The lowest BCUT2D eigenvalue weighted by atomic mass is 10.2. The van der Waals surface area contributed by atoms with Gasteiger partial charge in [-0.2, -0.15) is 0 Å². The number of hydrogen-bond acceptors (Lipinski definition) is 4. The predicted molar refractivity (Wildman–Crippen MR) is 93.9 cm³/mol.